The molecular weight excluding hydrogens is 504 g/mol. The van der Waals surface area contributed by atoms with Crippen LogP contribution in [0.5, 0.6) is 0 Å². The van der Waals surface area contributed by atoms with Crippen LogP contribution in [0.25, 0.3) is 0 Å². The molecule has 0 spiro atoms. The van der Waals surface area contributed by atoms with E-state index in [1.807, 2.05) is 42.9 Å². The zero-order valence-electron chi connectivity index (χ0n) is 22.2. The summed E-state index contributed by atoms with van der Waals surface area (Å²) in [6.07, 6.45) is 3.34. The molecule has 2 aromatic heterocycles. The quantitative estimate of drug-likeness (QED) is 0.441. The predicted octanol–water partition coefficient (Wildman–Crippen LogP) is 3.42. The average Bonchev–Trinajstić information content (AvgIpc) is 3.50. The Balaban J connectivity index is 1.31. The van der Waals surface area contributed by atoms with Gasteiger partial charge in [-0.2, -0.15) is 10.2 Å². The third-order valence-electron chi connectivity index (χ3n) is 6.51. The fourth-order valence-corrected chi connectivity index (χ4v) is 4.47. The highest BCUT2D eigenvalue weighted by atomic mass is 32.1. The van der Waals surface area contributed by atoms with Gasteiger partial charge in [-0.25, -0.2) is 4.79 Å². The molecular formula is C26H34N8O3S. The van der Waals surface area contributed by atoms with Crippen molar-refractivity contribution in [3.63, 3.8) is 0 Å². The first-order valence-corrected chi connectivity index (χ1v) is 13.1. The van der Waals surface area contributed by atoms with Crippen molar-refractivity contribution in [2.75, 3.05) is 43.4 Å². The molecule has 1 aliphatic rings. The Morgan fingerprint density at radius 1 is 1.05 bits per heavy atom. The zero-order valence-corrected chi connectivity index (χ0v) is 23.0. The van der Waals surface area contributed by atoms with Crippen molar-refractivity contribution < 1.29 is 14.3 Å². The highest BCUT2D eigenvalue weighted by Crippen LogP contribution is 2.19. The Labute approximate surface area is 227 Å². The molecule has 1 fully saturated rings. The van der Waals surface area contributed by atoms with Gasteiger partial charge in [-0.1, -0.05) is 24.3 Å². The summed E-state index contributed by atoms with van der Waals surface area (Å²) in [5, 5.41) is 15.7. The standard InChI is InChI=1S/C26H34N8O3S/c1-5-37-26(36)32-14-12-31(13-15-32)24(35)20(4)34-17-22(19(3)29-34)27-25(38)28-23-10-11-33(30-23)16-21-9-7-6-8-18(21)2/h6-11,17,20H,5,12-16H2,1-4H3,(H2,27,28,30,38). The molecule has 1 unspecified atom stereocenters. The molecule has 0 radical (unpaired) electrons. The van der Waals surface area contributed by atoms with Crippen LogP contribution >= 0.6 is 12.2 Å². The minimum Gasteiger partial charge on any atom is -0.450 e. The van der Waals surface area contributed by atoms with Crippen LogP contribution in [0.2, 0.25) is 0 Å². The minimum atomic E-state index is -0.503. The maximum Gasteiger partial charge on any atom is 0.409 e. The van der Waals surface area contributed by atoms with E-state index in [1.165, 1.54) is 11.1 Å². The number of nitrogens with zero attached hydrogens (tertiary/aromatic N) is 6. The van der Waals surface area contributed by atoms with E-state index < -0.39 is 6.04 Å². The number of hydrogen-bond acceptors (Lipinski definition) is 6. The second-order valence-electron chi connectivity index (χ2n) is 9.20. The van der Waals surface area contributed by atoms with Crippen LogP contribution in [-0.2, 0) is 16.1 Å². The molecule has 3 heterocycles. The number of thiocarbonyl (C=S) groups is 1. The maximum atomic E-state index is 13.1. The number of ether oxygens (including phenoxy) is 1. The summed E-state index contributed by atoms with van der Waals surface area (Å²) in [5.74, 6) is 0.578. The van der Waals surface area contributed by atoms with Gasteiger partial charge in [0.05, 0.1) is 24.5 Å². The fourth-order valence-electron chi connectivity index (χ4n) is 4.25. The van der Waals surface area contributed by atoms with Crippen LogP contribution in [-0.4, -0.2) is 79.3 Å². The topological polar surface area (TPSA) is 110 Å². The number of carbonyl (C=O) groups is 2. The number of nitrogens with one attached hydrogen (secondary N) is 2. The lowest BCUT2D eigenvalue weighted by Gasteiger charge is -2.35. The first-order valence-electron chi connectivity index (χ1n) is 12.7. The Bertz CT molecular complexity index is 1300. The molecule has 1 saturated heterocycles. The molecule has 0 saturated carbocycles. The summed E-state index contributed by atoms with van der Waals surface area (Å²) in [4.78, 5) is 28.4. The zero-order chi connectivity index (χ0) is 27.2. The maximum absolute atomic E-state index is 13.1. The predicted molar refractivity (Wildman–Crippen MR) is 149 cm³/mol. The van der Waals surface area contributed by atoms with E-state index in [0.29, 0.717) is 61.6 Å². The summed E-state index contributed by atoms with van der Waals surface area (Å²) >= 11 is 5.49. The van der Waals surface area contributed by atoms with Crippen molar-refractivity contribution in [1.82, 2.24) is 29.4 Å². The normalized spacial score (nSPS) is 14.2. The number of benzene rings is 1. The number of hydrogen-bond donors (Lipinski definition) is 2. The van der Waals surface area contributed by atoms with Crippen LogP contribution in [0.3, 0.4) is 0 Å². The van der Waals surface area contributed by atoms with Gasteiger partial charge in [0.1, 0.15) is 6.04 Å². The van der Waals surface area contributed by atoms with E-state index in [2.05, 4.69) is 39.9 Å². The number of amides is 2. The lowest BCUT2D eigenvalue weighted by Crippen LogP contribution is -2.52. The summed E-state index contributed by atoms with van der Waals surface area (Å²) in [6, 6.07) is 9.58. The molecule has 1 atom stereocenters. The molecule has 1 aliphatic heterocycles. The molecule has 1 aromatic carbocycles. The molecule has 202 valence electrons. The average molecular weight is 539 g/mol. The molecule has 2 amide bonds. The third kappa shape index (κ3) is 6.49. The number of piperazine rings is 1. The minimum absolute atomic E-state index is 0.0533. The number of aromatic nitrogens is 4. The van der Waals surface area contributed by atoms with E-state index >= 15 is 0 Å². The molecule has 11 nitrogen and oxygen atoms in total. The van der Waals surface area contributed by atoms with Crippen molar-refractivity contribution in [3.05, 3.63) is 59.5 Å². The van der Waals surface area contributed by atoms with Gasteiger partial charge in [-0.3, -0.25) is 14.2 Å². The van der Waals surface area contributed by atoms with E-state index in [-0.39, 0.29) is 12.0 Å². The molecule has 0 bridgehead atoms. The van der Waals surface area contributed by atoms with Crippen LogP contribution in [0.4, 0.5) is 16.3 Å². The molecule has 2 N–H and O–H groups in total. The Kier molecular flexibility index (Phi) is 8.62. The highest BCUT2D eigenvalue weighted by Gasteiger charge is 2.29. The van der Waals surface area contributed by atoms with Crippen molar-refractivity contribution in [2.24, 2.45) is 0 Å². The van der Waals surface area contributed by atoms with Crippen LogP contribution in [0, 0.1) is 13.8 Å². The molecule has 0 aliphatic carbocycles. The number of rotatable bonds is 7. The monoisotopic (exact) mass is 538 g/mol. The van der Waals surface area contributed by atoms with E-state index in [9.17, 15) is 9.59 Å². The summed E-state index contributed by atoms with van der Waals surface area (Å²) in [6.45, 7) is 10.3. The van der Waals surface area contributed by atoms with Gasteiger partial charge in [0.25, 0.3) is 0 Å². The van der Waals surface area contributed by atoms with Gasteiger partial charge >= 0.3 is 6.09 Å². The Morgan fingerprint density at radius 3 is 2.47 bits per heavy atom. The first-order chi connectivity index (χ1) is 18.2. The van der Waals surface area contributed by atoms with Gasteiger partial charge in [-0.05, 0) is 51.0 Å². The van der Waals surface area contributed by atoms with Gasteiger partial charge in [0.15, 0.2) is 10.9 Å². The summed E-state index contributed by atoms with van der Waals surface area (Å²) in [5.41, 5.74) is 3.84. The van der Waals surface area contributed by atoms with Crippen molar-refractivity contribution in [3.8, 4) is 0 Å². The second kappa shape index (κ2) is 12.1. The molecule has 3 aromatic rings. The van der Waals surface area contributed by atoms with Gasteiger partial charge in [-0.15, -0.1) is 0 Å². The first kappa shape index (κ1) is 27.1. The van der Waals surface area contributed by atoms with Crippen LogP contribution in [0.1, 0.15) is 36.7 Å². The molecule has 12 heteroatoms. The van der Waals surface area contributed by atoms with E-state index in [0.717, 1.165) is 0 Å². The number of aryl methyl sites for hydroxylation is 2. The van der Waals surface area contributed by atoms with Gasteiger partial charge in [0.2, 0.25) is 5.91 Å². The van der Waals surface area contributed by atoms with Crippen molar-refractivity contribution in [1.29, 1.82) is 0 Å². The molecule has 38 heavy (non-hydrogen) atoms. The summed E-state index contributed by atoms with van der Waals surface area (Å²) in [7, 11) is 0. The van der Waals surface area contributed by atoms with Crippen LogP contribution < -0.4 is 10.6 Å². The van der Waals surface area contributed by atoms with E-state index in [1.54, 1.807) is 27.6 Å². The van der Waals surface area contributed by atoms with Crippen molar-refractivity contribution >= 4 is 40.8 Å². The lowest BCUT2D eigenvalue weighted by atomic mass is 10.1. The number of carbonyl (C=O) groups excluding carboxylic acids is 2. The SMILES string of the molecule is CCOC(=O)N1CCN(C(=O)C(C)n2cc(NC(=S)Nc3ccn(Cc4ccccc4C)n3)c(C)n2)CC1. The summed E-state index contributed by atoms with van der Waals surface area (Å²) < 4.78 is 8.54. The smallest absolute Gasteiger partial charge is 0.409 e. The lowest BCUT2D eigenvalue weighted by molar-refractivity contribution is -0.136. The number of anilines is 2. The fraction of sp³-hybridized carbons (Fsp3) is 0.423. The van der Waals surface area contributed by atoms with Crippen LogP contribution in [0.15, 0.2) is 42.7 Å². The Hall–Kier alpha value is -3.93. The third-order valence-corrected chi connectivity index (χ3v) is 6.72. The molecule has 4 rings (SSSR count). The van der Waals surface area contributed by atoms with E-state index in [4.69, 9.17) is 17.0 Å². The van der Waals surface area contributed by atoms with Crippen molar-refractivity contribution in [2.45, 2.75) is 40.3 Å². The highest BCUT2D eigenvalue weighted by molar-refractivity contribution is 7.80. The van der Waals surface area contributed by atoms with Gasteiger partial charge < -0.3 is 25.2 Å². The Morgan fingerprint density at radius 2 is 1.76 bits per heavy atom. The van der Waals surface area contributed by atoms with Gasteiger partial charge in [0, 0.05) is 44.6 Å². The largest absolute Gasteiger partial charge is 0.450 e. The second-order valence-corrected chi connectivity index (χ2v) is 9.61.